The predicted octanol–water partition coefficient (Wildman–Crippen LogP) is 3.12. The summed E-state index contributed by atoms with van der Waals surface area (Å²) < 4.78 is 28.8. The van der Waals surface area contributed by atoms with E-state index in [9.17, 15) is 8.42 Å². The summed E-state index contributed by atoms with van der Waals surface area (Å²) in [5.41, 5.74) is 2.12. The van der Waals surface area contributed by atoms with Crippen molar-refractivity contribution >= 4 is 32.7 Å². The number of rotatable bonds is 5. The van der Waals surface area contributed by atoms with E-state index in [-0.39, 0.29) is 0 Å². The quantitative estimate of drug-likeness (QED) is 0.577. The van der Waals surface area contributed by atoms with Crippen molar-refractivity contribution in [2.45, 2.75) is 44.4 Å². The van der Waals surface area contributed by atoms with Gasteiger partial charge in [-0.3, -0.25) is 4.72 Å². The third kappa shape index (κ3) is 4.27. The molecule has 0 bridgehead atoms. The molecule has 30 heavy (non-hydrogen) atoms. The van der Waals surface area contributed by atoms with E-state index < -0.39 is 14.8 Å². The standard InChI is InChI=1S/C21H28N6O2S/c1-21(2,3)30(28,29)26-17-5-4-6-18(13-17)27-12-9-15-14-23-20(25-19(15)27)24-16-7-10-22-11-8-16/h4-6,9,12-14,16,22,26H,7-8,10-11H2,1-3H3,(H,23,24,25). The van der Waals surface area contributed by atoms with Crippen LogP contribution in [0.2, 0.25) is 0 Å². The maximum atomic E-state index is 12.5. The first kappa shape index (κ1) is 20.6. The van der Waals surface area contributed by atoms with Gasteiger partial charge in [-0.25, -0.2) is 13.4 Å². The number of piperidine rings is 1. The molecular weight excluding hydrogens is 400 g/mol. The smallest absolute Gasteiger partial charge is 0.237 e. The van der Waals surface area contributed by atoms with Gasteiger partial charge in [0, 0.05) is 29.5 Å². The molecule has 8 nitrogen and oxygen atoms in total. The van der Waals surface area contributed by atoms with Crippen LogP contribution in [0.3, 0.4) is 0 Å². The summed E-state index contributed by atoms with van der Waals surface area (Å²) in [6, 6.07) is 9.63. The molecule has 1 aliphatic rings. The number of nitrogens with one attached hydrogen (secondary N) is 3. The van der Waals surface area contributed by atoms with Crippen LogP contribution >= 0.6 is 0 Å². The van der Waals surface area contributed by atoms with Crippen LogP contribution in [0.25, 0.3) is 16.7 Å². The van der Waals surface area contributed by atoms with Gasteiger partial charge in [0.25, 0.3) is 0 Å². The molecule has 0 saturated carbocycles. The van der Waals surface area contributed by atoms with Crippen molar-refractivity contribution in [1.82, 2.24) is 19.9 Å². The third-order valence-electron chi connectivity index (χ3n) is 5.28. The second-order valence-corrected chi connectivity index (χ2v) is 11.0. The predicted molar refractivity (Wildman–Crippen MR) is 121 cm³/mol. The molecule has 0 spiro atoms. The molecule has 2 aromatic heterocycles. The number of benzene rings is 1. The number of nitrogens with zero attached hydrogens (tertiary/aromatic N) is 3. The van der Waals surface area contributed by atoms with E-state index in [0.29, 0.717) is 17.7 Å². The fourth-order valence-corrected chi connectivity index (χ4v) is 4.12. The number of sulfonamides is 1. The molecule has 160 valence electrons. The molecule has 1 saturated heterocycles. The highest BCUT2D eigenvalue weighted by Gasteiger charge is 2.29. The maximum Gasteiger partial charge on any atom is 0.237 e. The molecule has 9 heteroatoms. The van der Waals surface area contributed by atoms with E-state index in [4.69, 9.17) is 4.98 Å². The average molecular weight is 429 g/mol. The lowest BCUT2D eigenvalue weighted by atomic mass is 10.1. The maximum absolute atomic E-state index is 12.5. The number of fused-ring (bicyclic) bond motifs is 1. The van der Waals surface area contributed by atoms with Gasteiger partial charge in [-0.2, -0.15) is 4.98 Å². The van der Waals surface area contributed by atoms with Gasteiger partial charge in [-0.05, 0) is 71.0 Å². The van der Waals surface area contributed by atoms with Gasteiger partial charge >= 0.3 is 0 Å². The van der Waals surface area contributed by atoms with Gasteiger partial charge in [0.2, 0.25) is 16.0 Å². The van der Waals surface area contributed by atoms with Crippen molar-refractivity contribution < 1.29 is 8.42 Å². The summed E-state index contributed by atoms with van der Waals surface area (Å²) in [4.78, 5) is 9.18. The van der Waals surface area contributed by atoms with E-state index in [1.807, 2.05) is 41.2 Å². The molecule has 1 fully saturated rings. The Kier molecular flexibility index (Phi) is 5.42. The topological polar surface area (TPSA) is 101 Å². The average Bonchev–Trinajstić information content (AvgIpc) is 3.11. The normalized spacial score (nSPS) is 16.0. The Morgan fingerprint density at radius 2 is 1.93 bits per heavy atom. The highest BCUT2D eigenvalue weighted by molar-refractivity contribution is 7.94. The van der Waals surface area contributed by atoms with Crippen LogP contribution in [0.5, 0.6) is 0 Å². The van der Waals surface area contributed by atoms with Crippen LogP contribution in [-0.2, 0) is 10.0 Å². The SMILES string of the molecule is CC(C)(C)S(=O)(=O)Nc1cccc(-n2ccc3cnc(NC4CCNCC4)nc32)c1. The molecule has 0 atom stereocenters. The van der Waals surface area contributed by atoms with Gasteiger partial charge in [0.05, 0.1) is 10.4 Å². The summed E-state index contributed by atoms with van der Waals surface area (Å²) in [6.45, 7) is 7.01. The van der Waals surface area contributed by atoms with Gasteiger partial charge < -0.3 is 15.2 Å². The largest absolute Gasteiger partial charge is 0.351 e. The minimum Gasteiger partial charge on any atom is -0.351 e. The van der Waals surface area contributed by atoms with E-state index in [1.54, 1.807) is 26.8 Å². The molecule has 1 aromatic carbocycles. The molecule has 0 aliphatic carbocycles. The number of hydrogen-bond donors (Lipinski definition) is 3. The second kappa shape index (κ2) is 7.88. The Bertz CT molecular complexity index is 1140. The van der Waals surface area contributed by atoms with Crippen LogP contribution in [0.15, 0.2) is 42.7 Å². The monoisotopic (exact) mass is 428 g/mol. The van der Waals surface area contributed by atoms with Gasteiger partial charge in [0.1, 0.15) is 5.65 Å². The zero-order chi connectivity index (χ0) is 21.4. The molecule has 3 heterocycles. The van der Waals surface area contributed by atoms with Crippen LogP contribution in [0, 0.1) is 0 Å². The zero-order valence-corrected chi connectivity index (χ0v) is 18.3. The van der Waals surface area contributed by atoms with Crippen LogP contribution in [0.1, 0.15) is 33.6 Å². The molecular formula is C21H28N6O2S. The first-order valence-corrected chi connectivity index (χ1v) is 11.7. The number of aromatic nitrogens is 3. The third-order valence-corrected chi connectivity index (χ3v) is 7.40. The minimum absolute atomic E-state index is 0.363. The lowest BCUT2D eigenvalue weighted by Crippen LogP contribution is -2.35. The molecule has 4 rings (SSSR count). The van der Waals surface area contributed by atoms with Crippen molar-refractivity contribution in [2.75, 3.05) is 23.1 Å². The summed E-state index contributed by atoms with van der Waals surface area (Å²) in [7, 11) is -3.50. The van der Waals surface area contributed by atoms with Crippen molar-refractivity contribution in [3.63, 3.8) is 0 Å². The van der Waals surface area contributed by atoms with E-state index >= 15 is 0 Å². The lowest BCUT2D eigenvalue weighted by molar-refractivity contribution is 0.477. The number of hydrogen-bond acceptors (Lipinski definition) is 6. The Morgan fingerprint density at radius 1 is 1.17 bits per heavy atom. The first-order chi connectivity index (χ1) is 14.2. The molecule has 3 N–H and O–H groups in total. The van der Waals surface area contributed by atoms with Crippen molar-refractivity contribution in [1.29, 1.82) is 0 Å². The second-order valence-electron chi connectivity index (χ2n) is 8.60. The molecule has 1 aliphatic heterocycles. The molecule has 0 radical (unpaired) electrons. The Morgan fingerprint density at radius 3 is 2.67 bits per heavy atom. The van der Waals surface area contributed by atoms with Gasteiger partial charge in [-0.15, -0.1) is 0 Å². The van der Waals surface area contributed by atoms with Crippen molar-refractivity contribution in [3.8, 4) is 5.69 Å². The fraction of sp³-hybridized carbons (Fsp3) is 0.429. The summed E-state index contributed by atoms with van der Waals surface area (Å²) in [5.74, 6) is 0.610. The summed E-state index contributed by atoms with van der Waals surface area (Å²) >= 11 is 0. The van der Waals surface area contributed by atoms with Crippen LogP contribution < -0.4 is 15.4 Å². The highest BCUT2D eigenvalue weighted by Crippen LogP contribution is 2.24. The first-order valence-electron chi connectivity index (χ1n) is 10.2. The fourth-order valence-electron chi connectivity index (χ4n) is 3.37. The van der Waals surface area contributed by atoms with E-state index in [2.05, 4.69) is 20.3 Å². The van der Waals surface area contributed by atoms with Crippen LogP contribution in [0.4, 0.5) is 11.6 Å². The Labute approximate surface area is 177 Å². The van der Waals surface area contributed by atoms with E-state index in [1.165, 1.54) is 0 Å². The highest BCUT2D eigenvalue weighted by atomic mass is 32.2. The molecule has 0 amide bonds. The Hall–Kier alpha value is -2.65. The summed E-state index contributed by atoms with van der Waals surface area (Å²) in [5, 5.41) is 7.71. The van der Waals surface area contributed by atoms with Gasteiger partial charge in [-0.1, -0.05) is 6.07 Å². The van der Waals surface area contributed by atoms with Crippen LogP contribution in [-0.4, -0.2) is 46.8 Å². The van der Waals surface area contributed by atoms with Crippen molar-refractivity contribution in [2.24, 2.45) is 0 Å². The molecule has 0 unspecified atom stereocenters. The van der Waals surface area contributed by atoms with Crippen molar-refractivity contribution in [3.05, 3.63) is 42.7 Å². The number of anilines is 2. The Balaban J connectivity index is 1.63. The molecule has 3 aromatic rings. The minimum atomic E-state index is -3.50. The van der Waals surface area contributed by atoms with E-state index in [0.717, 1.165) is 42.7 Å². The lowest BCUT2D eigenvalue weighted by Gasteiger charge is -2.23. The van der Waals surface area contributed by atoms with Gasteiger partial charge in [0.15, 0.2) is 0 Å². The summed E-state index contributed by atoms with van der Waals surface area (Å²) in [6.07, 6.45) is 5.82. The zero-order valence-electron chi connectivity index (χ0n) is 17.5.